The topological polar surface area (TPSA) is 62.0 Å². The van der Waals surface area contributed by atoms with Gasteiger partial charge in [-0.25, -0.2) is 0 Å². The smallest absolute Gasteiger partial charge is 0.253 e. The lowest BCUT2D eigenvalue weighted by molar-refractivity contribution is -0.116. The molecule has 1 aromatic carbocycles. The quantitative estimate of drug-likeness (QED) is 0.827. The molecule has 0 bridgehead atoms. The Hall–Kier alpha value is -2.04. The molecule has 4 nitrogen and oxygen atoms in total. The van der Waals surface area contributed by atoms with Gasteiger partial charge in [-0.2, -0.15) is 0 Å². The molecule has 0 fully saturated rings. The van der Waals surface area contributed by atoms with Gasteiger partial charge in [-0.05, 0) is 55.3 Å². The molecular formula is C17H16Cl2N2O2. The minimum Gasteiger partial charge on any atom is -0.348 e. The lowest BCUT2D eigenvalue weighted by Crippen LogP contribution is -2.26. The molecule has 2 N–H and O–H groups in total. The zero-order valence-corrected chi connectivity index (χ0v) is 14.3. The molecule has 1 amide bonds. The van der Waals surface area contributed by atoms with E-state index in [1.807, 2.05) is 19.9 Å². The van der Waals surface area contributed by atoms with Gasteiger partial charge in [-0.15, -0.1) is 0 Å². The van der Waals surface area contributed by atoms with Crippen molar-refractivity contribution in [3.05, 3.63) is 73.1 Å². The number of aromatic amines is 1. The van der Waals surface area contributed by atoms with Crippen LogP contribution in [0.25, 0.3) is 6.08 Å². The number of nitrogens with one attached hydrogen (secondary N) is 2. The Balaban J connectivity index is 2.05. The third kappa shape index (κ3) is 4.71. The van der Waals surface area contributed by atoms with Crippen LogP contribution in [0.3, 0.4) is 0 Å². The van der Waals surface area contributed by atoms with Crippen LogP contribution in [-0.2, 0) is 11.3 Å². The molecule has 0 aliphatic rings. The van der Waals surface area contributed by atoms with Gasteiger partial charge in [0.15, 0.2) is 0 Å². The van der Waals surface area contributed by atoms with Gasteiger partial charge in [0, 0.05) is 33.9 Å². The first-order valence-electron chi connectivity index (χ1n) is 6.97. The Labute approximate surface area is 144 Å². The van der Waals surface area contributed by atoms with Gasteiger partial charge in [0.1, 0.15) is 0 Å². The number of pyridine rings is 1. The summed E-state index contributed by atoms with van der Waals surface area (Å²) in [5.74, 6) is -0.319. The molecule has 0 spiro atoms. The molecule has 2 rings (SSSR count). The van der Waals surface area contributed by atoms with Crippen LogP contribution in [0.5, 0.6) is 0 Å². The monoisotopic (exact) mass is 350 g/mol. The fourth-order valence-corrected chi connectivity index (χ4v) is 2.50. The molecule has 1 aromatic heterocycles. The first-order valence-corrected chi connectivity index (χ1v) is 7.73. The Morgan fingerprint density at radius 1 is 1.26 bits per heavy atom. The molecule has 120 valence electrons. The van der Waals surface area contributed by atoms with Crippen molar-refractivity contribution in [1.29, 1.82) is 0 Å². The van der Waals surface area contributed by atoms with E-state index in [4.69, 9.17) is 23.2 Å². The highest BCUT2D eigenvalue weighted by atomic mass is 35.5. The minimum absolute atomic E-state index is 0.161. The third-order valence-electron chi connectivity index (χ3n) is 3.31. The molecule has 0 unspecified atom stereocenters. The van der Waals surface area contributed by atoms with Gasteiger partial charge >= 0.3 is 0 Å². The first kappa shape index (κ1) is 17.3. The second kappa shape index (κ2) is 7.49. The van der Waals surface area contributed by atoms with Crippen molar-refractivity contribution in [2.75, 3.05) is 0 Å². The third-order valence-corrected chi connectivity index (χ3v) is 3.88. The Morgan fingerprint density at radius 3 is 2.70 bits per heavy atom. The van der Waals surface area contributed by atoms with E-state index in [9.17, 15) is 9.59 Å². The van der Waals surface area contributed by atoms with Crippen molar-refractivity contribution < 1.29 is 4.79 Å². The highest BCUT2D eigenvalue weighted by Crippen LogP contribution is 2.21. The summed E-state index contributed by atoms with van der Waals surface area (Å²) in [6.07, 6.45) is 2.94. The maximum Gasteiger partial charge on any atom is 0.253 e. The predicted molar refractivity (Wildman–Crippen MR) is 93.9 cm³/mol. The van der Waals surface area contributed by atoms with Crippen LogP contribution in [0.4, 0.5) is 0 Å². The van der Waals surface area contributed by atoms with Crippen molar-refractivity contribution in [1.82, 2.24) is 10.3 Å². The molecule has 0 aliphatic heterocycles. The van der Waals surface area contributed by atoms with E-state index in [0.717, 1.165) is 11.3 Å². The fraction of sp³-hybridized carbons (Fsp3) is 0.176. The fourth-order valence-electron chi connectivity index (χ4n) is 2.14. The van der Waals surface area contributed by atoms with Crippen LogP contribution in [0, 0.1) is 13.8 Å². The summed E-state index contributed by atoms with van der Waals surface area (Å²) in [5, 5.41) is 3.72. The van der Waals surface area contributed by atoms with E-state index in [0.29, 0.717) is 21.2 Å². The Kier molecular flexibility index (Phi) is 5.64. The van der Waals surface area contributed by atoms with Crippen molar-refractivity contribution in [3.63, 3.8) is 0 Å². The average Bonchev–Trinajstić information content (AvgIpc) is 2.47. The molecule has 0 atom stereocenters. The number of carbonyl (C=O) groups is 1. The standard InChI is InChI=1S/C17H16Cl2N2O2/c1-10-7-11(2)21-17(23)14(10)9-20-16(22)6-3-12-8-13(18)4-5-15(12)19/h3-8H,9H2,1-2H3,(H,20,22)(H,21,23). The molecule has 23 heavy (non-hydrogen) atoms. The number of H-pyrrole nitrogens is 1. The zero-order chi connectivity index (χ0) is 17.0. The highest BCUT2D eigenvalue weighted by Gasteiger charge is 2.06. The first-order chi connectivity index (χ1) is 10.9. The number of rotatable bonds is 4. The molecule has 0 radical (unpaired) electrons. The highest BCUT2D eigenvalue weighted by molar-refractivity contribution is 6.34. The van der Waals surface area contributed by atoms with Crippen LogP contribution in [0.2, 0.25) is 10.0 Å². The maximum absolute atomic E-state index is 11.9. The van der Waals surface area contributed by atoms with Gasteiger partial charge in [-0.3, -0.25) is 9.59 Å². The predicted octanol–water partition coefficient (Wildman–Crippen LogP) is 3.63. The van der Waals surface area contributed by atoms with Gasteiger partial charge < -0.3 is 10.3 Å². The van der Waals surface area contributed by atoms with Crippen LogP contribution >= 0.6 is 23.2 Å². The van der Waals surface area contributed by atoms with Crippen LogP contribution < -0.4 is 10.9 Å². The van der Waals surface area contributed by atoms with Crippen molar-refractivity contribution in [2.45, 2.75) is 20.4 Å². The maximum atomic E-state index is 11.9. The number of aryl methyl sites for hydroxylation is 2. The van der Waals surface area contributed by atoms with E-state index >= 15 is 0 Å². The summed E-state index contributed by atoms with van der Waals surface area (Å²) >= 11 is 11.9. The molecule has 2 aromatic rings. The number of aromatic nitrogens is 1. The van der Waals surface area contributed by atoms with Crippen LogP contribution in [-0.4, -0.2) is 10.9 Å². The van der Waals surface area contributed by atoms with Gasteiger partial charge in [0.2, 0.25) is 5.91 Å². The van der Waals surface area contributed by atoms with Gasteiger partial charge in [-0.1, -0.05) is 23.2 Å². The second-order valence-corrected chi connectivity index (χ2v) is 6.00. The number of benzene rings is 1. The molecule has 1 heterocycles. The minimum atomic E-state index is -0.319. The summed E-state index contributed by atoms with van der Waals surface area (Å²) in [7, 11) is 0. The molecule has 0 aliphatic carbocycles. The lowest BCUT2D eigenvalue weighted by Gasteiger charge is -2.06. The van der Waals surface area contributed by atoms with Crippen molar-refractivity contribution in [3.8, 4) is 0 Å². The molecule has 0 saturated carbocycles. The molecule has 0 saturated heterocycles. The number of halogens is 2. The molecular weight excluding hydrogens is 335 g/mol. The second-order valence-electron chi connectivity index (χ2n) is 5.16. The SMILES string of the molecule is Cc1cc(C)c(CNC(=O)C=Cc2cc(Cl)ccc2Cl)c(=O)[nH]1. The molecule has 6 heteroatoms. The number of hydrogen-bond donors (Lipinski definition) is 2. The van der Waals surface area contributed by atoms with Crippen molar-refractivity contribution in [2.24, 2.45) is 0 Å². The summed E-state index contributed by atoms with van der Waals surface area (Å²) < 4.78 is 0. The van der Waals surface area contributed by atoms with E-state index < -0.39 is 0 Å². The summed E-state index contributed by atoms with van der Waals surface area (Å²) in [6, 6.07) is 6.87. The van der Waals surface area contributed by atoms with E-state index in [-0.39, 0.29) is 18.0 Å². The largest absolute Gasteiger partial charge is 0.348 e. The summed E-state index contributed by atoms with van der Waals surface area (Å²) in [6.45, 7) is 3.81. The van der Waals surface area contributed by atoms with Crippen LogP contribution in [0.15, 0.2) is 35.1 Å². The van der Waals surface area contributed by atoms with Gasteiger partial charge in [0.25, 0.3) is 5.56 Å². The van der Waals surface area contributed by atoms with E-state index in [2.05, 4.69) is 10.3 Å². The zero-order valence-electron chi connectivity index (χ0n) is 12.7. The summed E-state index contributed by atoms with van der Waals surface area (Å²) in [5.41, 5.74) is 2.63. The van der Waals surface area contributed by atoms with Gasteiger partial charge in [0.05, 0.1) is 0 Å². The normalized spacial score (nSPS) is 11.0. The number of amides is 1. The van der Waals surface area contributed by atoms with Crippen molar-refractivity contribution >= 4 is 35.2 Å². The van der Waals surface area contributed by atoms with Crippen LogP contribution in [0.1, 0.15) is 22.4 Å². The number of hydrogen-bond acceptors (Lipinski definition) is 2. The van der Waals surface area contributed by atoms with E-state index in [1.165, 1.54) is 6.08 Å². The Morgan fingerprint density at radius 2 is 2.00 bits per heavy atom. The Bertz CT molecular complexity index is 826. The summed E-state index contributed by atoms with van der Waals surface area (Å²) in [4.78, 5) is 26.5. The average molecular weight is 351 g/mol. The van der Waals surface area contributed by atoms with E-state index in [1.54, 1.807) is 24.3 Å². The lowest BCUT2D eigenvalue weighted by atomic mass is 10.1. The number of carbonyl (C=O) groups excluding carboxylic acids is 1.